The van der Waals surface area contributed by atoms with Gasteiger partial charge in [-0.15, -0.1) is 0 Å². The highest BCUT2D eigenvalue weighted by Gasteiger charge is 2.25. The average Bonchev–Trinajstić information content (AvgIpc) is 2.87. The molecule has 0 fully saturated rings. The normalized spacial score (nSPS) is 12.8. The number of nitrogens with zero attached hydrogens (tertiary/aromatic N) is 3. The van der Waals surface area contributed by atoms with Crippen LogP contribution in [0.2, 0.25) is 0 Å². The summed E-state index contributed by atoms with van der Waals surface area (Å²) in [5.74, 6) is 0.752. The summed E-state index contributed by atoms with van der Waals surface area (Å²) in [4.78, 5) is 8.86. The van der Waals surface area contributed by atoms with Crippen molar-refractivity contribution in [2.24, 2.45) is 0 Å². The Balaban J connectivity index is 2.01. The fourth-order valence-corrected chi connectivity index (χ4v) is 3.10. The van der Waals surface area contributed by atoms with Gasteiger partial charge in [0.05, 0.1) is 11.4 Å². The second-order valence-electron chi connectivity index (χ2n) is 5.50. The Kier molecular flexibility index (Phi) is 2.69. The molecule has 5 heteroatoms. The number of pyridine rings is 1. The molecule has 4 rings (SSSR count). The summed E-state index contributed by atoms with van der Waals surface area (Å²) in [6, 6.07) is 7.12. The van der Waals surface area contributed by atoms with Gasteiger partial charge in [-0.25, -0.2) is 4.98 Å². The highest BCUT2D eigenvalue weighted by molar-refractivity contribution is 5.82. The number of hydrogen-bond acceptors (Lipinski definition) is 4. The van der Waals surface area contributed by atoms with Gasteiger partial charge in [0, 0.05) is 30.1 Å². The highest BCUT2D eigenvalue weighted by atomic mass is 16.3. The van der Waals surface area contributed by atoms with Crippen LogP contribution in [0.15, 0.2) is 36.7 Å². The number of phenolic OH excluding ortho intramolecular Hbond substituents is 2. The quantitative estimate of drug-likeness (QED) is 0.677. The second kappa shape index (κ2) is 4.59. The van der Waals surface area contributed by atoms with E-state index in [1.54, 1.807) is 24.5 Å². The van der Waals surface area contributed by atoms with Crippen molar-refractivity contribution < 1.29 is 10.2 Å². The first kappa shape index (κ1) is 12.9. The predicted octanol–water partition coefficient (Wildman–Crippen LogP) is 2.89. The lowest BCUT2D eigenvalue weighted by atomic mass is 9.95. The minimum absolute atomic E-state index is 0.0774. The zero-order chi connectivity index (χ0) is 15.3. The van der Waals surface area contributed by atoms with Crippen LogP contribution < -0.4 is 0 Å². The first-order chi connectivity index (χ1) is 10.6. The van der Waals surface area contributed by atoms with E-state index in [1.165, 1.54) is 0 Å². The van der Waals surface area contributed by atoms with E-state index in [2.05, 4.69) is 9.55 Å². The smallest absolute Gasteiger partial charge is 0.158 e. The van der Waals surface area contributed by atoms with E-state index in [1.807, 2.05) is 19.1 Å². The van der Waals surface area contributed by atoms with Gasteiger partial charge in [0.15, 0.2) is 11.5 Å². The number of aromatic hydroxyl groups is 2. The molecule has 3 heterocycles. The number of rotatable bonds is 1. The first-order valence-electron chi connectivity index (χ1n) is 7.18. The average molecular weight is 293 g/mol. The van der Waals surface area contributed by atoms with E-state index in [0.717, 1.165) is 46.9 Å². The fraction of sp³-hybridized carbons (Fsp3) is 0.176. The zero-order valence-corrected chi connectivity index (χ0v) is 12.1. The molecule has 0 saturated carbocycles. The summed E-state index contributed by atoms with van der Waals surface area (Å²) < 4.78 is 2.15. The van der Waals surface area contributed by atoms with Crippen molar-refractivity contribution in [3.05, 3.63) is 48.0 Å². The molecule has 2 aromatic heterocycles. The van der Waals surface area contributed by atoms with Crippen molar-refractivity contribution in [3.63, 3.8) is 0 Å². The molecule has 0 amide bonds. The summed E-state index contributed by atoms with van der Waals surface area (Å²) in [6.07, 6.45) is 4.33. The standard InChI is InChI=1S/C17H15N3O2/c1-10-19-16(12-3-2-5-18-9-12)17-13-8-15(22)14(21)7-11(13)4-6-20(10)17/h2-3,5,7-9,21-22H,4,6H2,1H3. The first-order valence-corrected chi connectivity index (χ1v) is 7.18. The Labute approximate surface area is 127 Å². The maximum absolute atomic E-state index is 9.88. The molecule has 0 saturated heterocycles. The van der Waals surface area contributed by atoms with Crippen molar-refractivity contribution in [1.29, 1.82) is 0 Å². The lowest BCUT2D eigenvalue weighted by Crippen LogP contribution is -2.12. The molecule has 5 nitrogen and oxygen atoms in total. The molecule has 3 aromatic rings. The Bertz CT molecular complexity index is 869. The zero-order valence-electron chi connectivity index (χ0n) is 12.1. The van der Waals surface area contributed by atoms with Gasteiger partial charge >= 0.3 is 0 Å². The van der Waals surface area contributed by atoms with E-state index in [4.69, 9.17) is 4.98 Å². The van der Waals surface area contributed by atoms with Crippen LogP contribution >= 0.6 is 0 Å². The monoisotopic (exact) mass is 293 g/mol. The SMILES string of the molecule is Cc1nc(-c2cccnc2)c2n1CCc1cc(O)c(O)cc1-2. The molecule has 0 radical (unpaired) electrons. The molecule has 110 valence electrons. The van der Waals surface area contributed by atoms with Gasteiger partial charge < -0.3 is 14.8 Å². The molecule has 0 spiro atoms. The summed E-state index contributed by atoms with van der Waals surface area (Å²) in [6.45, 7) is 2.79. The number of imidazole rings is 1. The van der Waals surface area contributed by atoms with E-state index in [-0.39, 0.29) is 11.5 Å². The minimum Gasteiger partial charge on any atom is -0.504 e. The van der Waals surface area contributed by atoms with Crippen molar-refractivity contribution in [1.82, 2.24) is 14.5 Å². The van der Waals surface area contributed by atoms with Crippen LogP contribution in [0.1, 0.15) is 11.4 Å². The van der Waals surface area contributed by atoms with Crippen LogP contribution in [0.25, 0.3) is 22.5 Å². The Morgan fingerprint density at radius 1 is 1.18 bits per heavy atom. The Morgan fingerprint density at radius 3 is 2.77 bits per heavy atom. The molecule has 22 heavy (non-hydrogen) atoms. The van der Waals surface area contributed by atoms with Crippen molar-refractivity contribution in [3.8, 4) is 34.0 Å². The molecular formula is C17H15N3O2. The number of benzene rings is 1. The fourth-order valence-electron chi connectivity index (χ4n) is 3.10. The summed E-state index contributed by atoms with van der Waals surface area (Å²) in [7, 11) is 0. The van der Waals surface area contributed by atoms with Crippen LogP contribution in [0.3, 0.4) is 0 Å². The topological polar surface area (TPSA) is 71.2 Å². The maximum Gasteiger partial charge on any atom is 0.158 e. The largest absolute Gasteiger partial charge is 0.504 e. The molecule has 0 aliphatic carbocycles. The molecule has 1 aliphatic rings. The van der Waals surface area contributed by atoms with Crippen LogP contribution in [-0.4, -0.2) is 24.7 Å². The van der Waals surface area contributed by atoms with Gasteiger partial charge in [-0.3, -0.25) is 4.98 Å². The number of hydrogen-bond donors (Lipinski definition) is 2. The van der Waals surface area contributed by atoms with E-state index in [9.17, 15) is 10.2 Å². The lowest BCUT2D eigenvalue weighted by molar-refractivity contribution is 0.403. The van der Waals surface area contributed by atoms with Crippen molar-refractivity contribution in [2.75, 3.05) is 0 Å². The molecular weight excluding hydrogens is 278 g/mol. The minimum atomic E-state index is -0.108. The summed E-state index contributed by atoms with van der Waals surface area (Å²) in [5.41, 5.74) is 4.72. The Hall–Kier alpha value is -2.82. The third kappa shape index (κ3) is 1.79. The van der Waals surface area contributed by atoms with Crippen molar-refractivity contribution in [2.45, 2.75) is 19.9 Å². The third-order valence-corrected chi connectivity index (χ3v) is 4.15. The van der Waals surface area contributed by atoms with Crippen LogP contribution in [0.5, 0.6) is 11.5 Å². The van der Waals surface area contributed by atoms with Crippen LogP contribution in [0, 0.1) is 6.92 Å². The molecule has 1 aliphatic heterocycles. The maximum atomic E-state index is 9.88. The molecule has 0 atom stereocenters. The van der Waals surface area contributed by atoms with E-state index < -0.39 is 0 Å². The van der Waals surface area contributed by atoms with Crippen LogP contribution in [0.4, 0.5) is 0 Å². The van der Waals surface area contributed by atoms with E-state index in [0.29, 0.717) is 0 Å². The molecule has 1 aromatic carbocycles. The molecule has 0 unspecified atom stereocenters. The third-order valence-electron chi connectivity index (χ3n) is 4.15. The van der Waals surface area contributed by atoms with Gasteiger partial charge in [0.2, 0.25) is 0 Å². The predicted molar refractivity (Wildman–Crippen MR) is 82.7 cm³/mol. The van der Waals surface area contributed by atoms with E-state index >= 15 is 0 Å². The Morgan fingerprint density at radius 2 is 2.00 bits per heavy atom. The van der Waals surface area contributed by atoms with Gasteiger partial charge in [-0.1, -0.05) is 0 Å². The van der Waals surface area contributed by atoms with Crippen molar-refractivity contribution >= 4 is 0 Å². The highest BCUT2D eigenvalue weighted by Crippen LogP contribution is 2.41. The summed E-state index contributed by atoms with van der Waals surface area (Å²) in [5, 5.41) is 19.6. The number of fused-ring (bicyclic) bond motifs is 3. The second-order valence-corrected chi connectivity index (χ2v) is 5.50. The van der Waals surface area contributed by atoms with Gasteiger partial charge in [0.1, 0.15) is 5.82 Å². The lowest BCUT2D eigenvalue weighted by Gasteiger charge is -2.21. The van der Waals surface area contributed by atoms with Gasteiger partial charge in [-0.2, -0.15) is 0 Å². The van der Waals surface area contributed by atoms with Gasteiger partial charge in [-0.05, 0) is 43.2 Å². The van der Waals surface area contributed by atoms with Gasteiger partial charge in [0.25, 0.3) is 0 Å². The number of aromatic nitrogens is 3. The number of phenols is 2. The van der Waals surface area contributed by atoms with Crippen LogP contribution in [-0.2, 0) is 13.0 Å². The number of aryl methyl sites for hydroxylation is 2. The molecule has 2 N–H and O–H groups in total. The molecule has 0 bridgehead atoms. The summed E-state index contributed by atoms with van der Waals surface area (Å²) >= 11 is 0.